The molecule has 0 radical (unpaired) electrons. The van der Waals surface area contributed by atoms with E-state index in [9.17, 15) is 8.78 Å². The summed E-state index contributed by atoms with van der Waals surface area (Å²) in [7, 11) is 0. The molecule has 0 heterocycles. The summed E-state index contributed by atoms with van der Waals surface area (Å²) in [5, 5.41) is 3.32. The summed E-state index contributed by atoms with van der Waals surface area (Å²) in [5.74, 6) is 0.177. The third-order valence-electron chi connectivity index (χ3n) is 3.65. The van der Waals surface area contributed by atoms with Crippen LogP contribution in [0.4, 0.5) is 14.5 Å². The van der Waals surface area contributed by atoms with Crippen LogP contribution in [0.3, 0.4) is 0 Å². The van der Waals surface area contributed by atoms with Crippen LogP contribution < -0.4 is 10.1 Å². The van der Waals surface area contributed by atoms with Gasteiger partial charge in [-0.3, -0.25) is 0 Å². The van der Waals surface area contributed by atoms with Gasteiger partial charge in [-0.2, -0.15) is 8.78 Å². The number of hydrogen-bond acceptors (Lipinski definition) is 2. The first-order chi connectivity index (χ1) is 10.1. The molecule has 0 fully saturated rings. The monoisotopic (exact) mass is 353 g/mol. The van der Waals surface area contributed by atoms with E-state index in [1.807, 2.05) is 12.1 Å². The van der Waals surface area contributed by atoms with Gasteiger partial charge in [0.05, 0.1) is 11.7 Å². The van der Waals surface area contributed by atoms with E-state index in [1.165, 1.54) is 11.1 Å². The molecule has 2 aromatic rings. The van der Waals surface area contributed by atoms with Gasteiger partial charge < -0.3 is 10.1 Å². The van der Waals surface area contributed by atoms with Gasteiger partial charge in [-0.1, -0.05) is 40.2 Å². The Hall–Kier alpha value is -1.62. The fourth-order valence-corrected chi connectivity index (χ4v) is 3.31. The number of fused-ring (bicyclic) bond motifs is 1. The van der Waals surface area contributed by atoms with Gasteiger partial charge in [-0.05, 0) is 42.2 Å². The van der Waals surface area contributed by atoms with E-state index in [4.69, 9.17) is 0 Å². The maximum atomic E-state index is 12.4. The third kappa shape index (κ3) is 3.02. The Bertz CT molecular complexity index is 648. The fourth-order valence-electron chi connectivity index (χ4n) is 2.73. The number of nitrogens with one attached hydrogen (secondary N) is 1. The van der Waals surface area contributed by atoms with Crippen molar-refractivity contribution in [3.63, 3.8) is 0 Å². The molecular formula is C16H14BrF2NO. The number of alkyl halides is 2. The Morgan fingerprint density at radius 2 is 1.95 bits per heavy atom. The van der Waals surface area contributed by atoms with E-state index in [0.29, 0.717) is 5.69 Å². The van der Waals surface area contributed by atoms with Crippen LogP contribution in [0.15, 0.2) is 46.9 Å². The van der Waals surface area contributed by atoms with Gasteiger partial charge in [-0.15, -0.1) is 0 Å². The zero-order valence-electron chi connectivity index (χ0n) is 11.2. The maximum Gasteiger partial charge on any atom is 0.387 e. The highest BCUT2D eigenvalue weighted by Gasteiger charge is 2.24. The second kappa shape index (κ2) is 6.02. The van der Waals surface area contributed by atoms with Crippen molar-refractivity contribution in [2.45, 2.75) is 25.5 Å². The number of rotatable bonds is 4. The van der Waals surface area contributed by atoms with E-state index in [0.717, 1.165) is 17.3 Å². The summed E-state index contributed by atoms with van der Waals surface area (Å²) in [6.07, 6.45) is 1.90. The van der Waals surface area contributed by atoms with Crippen molar-refractivity contribution in [2.75, 3.05) is 5.32 Å². The molecule has 0 aliphatic heterocycles. The van der Waals surface area contributed by atoms with Gasteiger partial charge in [0.1, 0.15) is 5.75 Å². The minimum atomic E-state index is -2.82. The molecule has 1 N–H and O–H groups in total. The molecule has 0 amide bonds. The Morgan fingerprint density at radius 3 is 2.76 bits per heavy atom. The van der Waals surface area contributed by atoms with Crippen molar-refractivity contribution >= 4 is 21.6 Å². The molecular weight excluding hydrogens is 340 g/mol. The predicted octanol–water partition coefficient (Wildman–Crippen LogP) is 5.15. The van der Waals surface area contributed by atoms with Crippen LogP contribution in [0.25, 0.3) is 0 Å². The van der Waals surface area contributed by atoms with E-state index < -0.39 is 6.61 Å². The number of halogens is 3. The predicted molar refractivity (Wildman–Crippen MR) is 81.9 cm³/mol. The lowest BCUT2D eigenvalue weighted by Gasteiger charge is -2.18. The van der Waals surface area contributed by atoms with Crippen molar-refractivity contribution in [3.8, 4) is 5.75 Å². The average molecular weight is 354 g/mol. The van der Waals surface area contributed by atoms with E-state index >= 15 is 0 Å². The SMILES string of the molecule is FC(F)Oc1ccccc1NC1CCc2c(Br)cccc21. The molecule has 0 bridgehead atoms. The topological polar surface area (TPSA) is 21.3 Å². The highest BCUT2D eigenvalue weighted by Crippen LogP contribution is 2.39. The molecule has 21 heavy (non-hydrogen) atoms. The molecule has 3 rings (SSSR count). The number of anilines is 1. The quantitative estimate of drug-likeness (QED) is 0.820. The smallest absolute Gasteiger partial charge is 0.387 e. The van der Waals surface area contributed by atoms with Gasteiger partial charge in [0.25, 0.3) is 0 Å². The first-order valence-electron chi connectivity index (χ1n) is 6.73. The zero-order chi connectivity index (χ0) is 14.8. The summed E-state index contributed by atoms with van der Waals surface area (Å²) in [6.45, 7) is -2.82. The maximum absolute atomic E-state index is 12.4. The van der Waals surface area contributed by atoms with Crippen LogP contribution in [0, 0.1) is 0 Å². The molecule has 1 aliphatic rings. The minimum Gasteiger partial charge on any atom is -0.433 e. The number of benzene rings is 2. The summed E-state index contributed by atoms with van der Waals surface area (Å²) in [4.78, 5) is 0. The molecule has 0 aromatic heterocycles. The number of para-hydroxylation sites is 2. The Morgan fingerprint density at radius 1 is 1.14 bits per heavy atom. The van der Waals surface area contributed by atoms with Crippen molar-refractivity contribution in [2.24, 2.45) is 0 Å². The summed E-state index contributed by atoms with van der Waals surface area (Å²) in [5.41, 5.74) is 3.08. The van der Waals surface area contributed by atoms with Crippen molar-refractivity contribution in [1.82, 2.24) is 0 Å². The first-order valence-corrected chi connectivity index (χ1v) is 7.52. The molecule has 1 atom stereocenters. The normalized spacial score (nSPS) is 16.9. The lowest BCUT2D eigenvalue weighted by atomic mass is 10.1. The summed E-state index contributed by atoms with van der Waals surface area (Å²) < 4.78 is 30.6. The molecule has 110 valence electrons. The molecule has 0 spiro atoms. The Balaban J connectivity index is 1.85. The second-order valence-corrected chi connectivity index (χ2v) is 5.77. The molecule has 1 aliphatic carbocycles. The van der Waals surface area contributed by atoms with Crippen LogP contribution in [-0.4, -0.2) is 6.61 Å². The minimum absolute atomic E-state index is 0.111. The zero-order valence-corrected chi connectivity index (χ0v) is 12.7. The molecule has 5 heteroatoms. The average Bonchev–Trinajstić information content (AvgIpc) is 2.85. The summed E-state index contributed by atoms with van der Waals surface area (Å²) in [6, 6.07) is 13.0. The van der Waals surface area contributed by atoms with Crippen LogP contribution >= 0.6 is 15.9 Å². The van der Waals surface area contributed by atoms with Crippen molar-refractivity contribution < 1.29 is 13.5 Å². The second-order valence-electron chi connectivity index (χ2n) is 4.92. The van der Waals surface area contributed by atoms with Crippen LogP contribution in [0.5, 0.6) is 5.75 Å². The molecule has 1 unspecified atom stereocenters. The van der Waals surface area contributed by atoms with Crippen molar-refractivity contribution in [1.29, 1.82) is 0 Å². The Kier molecular flexibility index (Phi) is 4.10. The molecule has 2 nitrogen and oxygen atoms in total. The van der Waals surface area contributed by atoms with Gasteiger partial charge in [0.2, 0.25) is 0 Å². The lowest BCUT2D eigenvalue weighted by molar-refractivity contribution is -0.0493. The van der Waals surface area contributed by atoms with Crippen LogP contribution in [0.2, 0.25) is 0 Å². The molecule has 2 aromatic carbocycles. The van der Waals surface area contributed by atoms with Crippen LogP contribution in [-0.2, 0) is 6.42 Å². The van der Waals surface area contributed by atoms with Gasteiger partial charge in [0, 0.05) is 4.47 Å². The first kappa shape index (κ1) is 14.3. The molecule has 0 saturated carbocycles. The van der Waals surface area contributed by atoms with E-state index in [-0.39, 0.29) is 11.8 Å². The van der Waals surface area contributed by atoms with Gasteiger partial charge in [0.15, 0.2) is 0 Å². The highest BCUT2D eigenvalue weighted by atomic mass is 79.9. The fraction of sp³-hybridized carbons (Fsp3) is 0.250. The van der Waals surface area contributed by atoms with Crippen molar-refractivity contribution in [3.05, 3.63) is 58.1 Å². The van der Waals surface area contributed by atoms with Gasteiger partial charge >= 0.3 is 6.61 Å². The lowest BCUT2D eigenvalue weighted by Crippen LogP contribution is -2.10. The largest absolute Gasteiger partial charge is 0.433 e. The van der Waals surface area contributed by atoms with E-state index in [2.05, 4.69) is 32.0 Å². The Labute approximate surface area is 130 Å². The number of ether oxygens (including phenoxy) is 1. The number of hydrogen-bond donors (Lipinski definition) is 1. The van der Waals surface area contributed by atoms with Gasteiger partial charge in [-0.25, -0.2) is 0 Å². The highest BCUT2D eigenvalue weighted by molar-refractivity contribution is 9.10. The standard InChI is InChI=1S/C16H14BrF2NO/c17-12-5-3-4-11-10(12)8-9-13(11)20-14-6-1-2-7-15(14)21-16(18)19/h1-7,13,16,20H,8-9H2. The third-order valence-corrected chi connectivity index (χ3v) is 4.39. The van der Waals surface area contributed by atoms with Crippen LogP contribution in [0.1, 0.15) is 23.6 Å². The molecule has 0 saturated heterocycles. The van der Waals surface area contributed by atoms with E-state index in [1.54, 1.807) is 24.3 Å². The summed E-state index contributed by atoms with van der Waals surface area (Å²) >= 11 is 3.56.